The number of carboxylic acid groups (broad SMARTS) is 1. The summed E-state index contributed by atoms with van der Waals surface area (Å²) in [5, 5.41) is 10.9. The Kier molecular flexibility index (Phi) is 6.72. The molecule has 1 aromatic heterocycles. The van der Waals surface area contributed by atoms with E-state index in [1.807, 2.05) is 0 Å². The third-order valence-electron chi connectivity index (χ3n) is 2.45. The number of aryl methyl sites for hydroxylation is 1. The lowest BCUT2D eigenvalue weighted by Crippen LogP contribution is -2.23. The number of aromatic nitrogens is 1. The number of nitrogens with one attached hydrogen (secondary N) is 1. The lowest BCUT2D eigenvalue weighted by molar-refractivity contribution is -0.131. The molecule has 0 saturated carbocycles. The van der Waals surface area contributed by atoms with Crippen molar-refractivity contribution in [1.82, 2.24) is 9.88 Å². The maximum Gasteiger partial charge on any atom is 0.328 e. The minimum atomic E-state index is -1.16. The summed E-state index contributed by atoms with van der Waals surface area (Å²) in [6.45, 7) is 1.00. The van der Waals surface area contributed by atoms with Gasteiger partial charge < -0.3 is 15.0 Å². The van der Waals surface area contributed by atoms with Crippen molar-refractivity contribution in [3.8, 4) is 0 Å². The number of hydrogen-bond donors (Lipinski definition) is 2. The van der Waals surface area contributed by atoms with Crippen molar-refractivity contribution in [2.24, 2.45) is 0 Å². The number of halogens is 1. The SMILES string of the molecule is O=C(O)/C=C/C(=O)NCCCCn1cc(Br)ccc1=O. The van der Waals surface area contributed by atoms with E-state index >= 15 is 0 Å². The first-order valence-corrected chi connectivity index (χ1v) is 6.83. The molecule has 0 aromatic carbocycles. The van der Waals surface area contributed by atoms with Crippen LogP contribution >= 0.6 is 15.9 Å². The van der Waals surface area contributed by atoms with Crippen LogP contribution in [0, 0.1) is 0 Å². The third kappa shape index (κ3) is 6.33. The fraction of sp³-hybridized carbons (Fsp3) is 0.308. The highest BCUT2D eigenvalue weighted by molar-refractivity contribution is 9.10. The average Bonchev–Trinajstić information content (AvgIpc) is 2.39. The second-order valence-electron chi connectivity index (χ2n) is 4.05. The molecule has 20 heavy (non-hydrogen) atoms. The molecule has 0 fully saturated rings. The number of rotatable bonds is 7. The molecular weight excluding hydrogens is 328 g/mol. The molecule has 0 aliphatic heterocycles. The lowest BCUT2D eigenvalue weighted by Gasteiger charge is -2.06. The monoisotopic (exact) mass is 342 g/mol. The van der Waals surface area contributed by atoms with E-state index in [-0.39, 0.29) is 5.56 Å². The van der Waals surface area contributed by atoms with Crippen LogP contribution in [0.3, 0.4) is 0 Å². The smallest absolute Gasteiger partial charge is 0.328 e. The fourth-order valence-electron chi connectivity index (χ4n) is 1.50. The summed E-state index contributed by atoms with van der Waals surface area (Å²) in [4.78, 5) is 32.9. The number of carbonyl (C=O) groups is 2. The van der Waals surface area contributed by atoms with E-state index in [0.29, 0.717) is 19.5 Å². The van der Waals surface area contributed by atoms with E-state index in [2.05, 4.69) is 21.2 Å². The molecule has 6 nitrogen and oxygen atoms in total. The van der Waals surface area contributed by atoms with E-state index in [0.717, 1.165) is 23.0 Å². The molecule has 1 heterocycles. The van der Waals surface area contributed by atoms with E-state index in [1.54, 1.807) is 16.8 Å². The van der Waals surface area contributed by atoms with Gasteiger partial charge in [-0.25, -0.2) is 4.79 Å². The van der Waals surface area contributed by atoms with E-state index in [1.165, 1.54) is 6.07 Å². The summed E-state index contributed by atoms with van der Waals surface area (Å²) >= 11 is 3.29. The number of pyridine rings is 1. The molecule has 0 spiro atoms. The predicted octanol–water partition coefficient (Wildman–Crippen LogP) is 1.15. The van der Waals surface area contributed by atoms with Crippen molar-refractivity contribution in [3.05, 3.63) is 45.3 Å². The van der Waals surface area contributed by atoms with Crippen LogP contribution in [-0.2, 0) is 16.1 Å². The standard InChI is InChI=1S/C13H15BrN2O4/c14-10-3-5-12(18)16(9-10)8-2-1-7-15-11(17)4-6-13(19)20/h3-6,9H,1-2,7-8H2,(H,15,17)(H,19,20)/b6-4+. The molecule has 0 unspecified atom stereocenters. The number of carbonyl (C=O) groups excluding carboxylic acids is 1. The normalized spacial score (nSPS) is 10.7. The number of aliphatic carboxylic acids is 1. The fourth-order valence-corrected chi connectivity index (χ4v) is 1.88. The molecule has 7 heteroatoms. The Labute approximate surface area is 124 Å². The van der Waals surface area contributed by atoms with Crippen LogP contribution in [0.2, 0.25) is 0 Å². The van der Waals surface area contributed by atoms with Gasteiger partial charge in [0.25, 0.3) is 5.56 Å². The summed E-state index contributed by atoms with van der Waals surface area (Å²) < 4.78 is 2.43. The molecule has 0 radical (unpaired) electrons. The first kappa shape index (κ1) is 16.2. The second-order valence-corrected chi connectivity index (χ2v) is 4.96. The summed E-state index contributed by atoms with van der Waals surface area (Å²) in [6.07, 6.45) is 4.92. The molecule has 1 aromatic rings. The van der Waals surface area contributed by atoms with Crippen LogP contribution in [0.4, 0.5) is 0 Å². The van der Waals surface area contributed by atoms with Gasteiger partial charge >= 0.3 is 5.97 Å². The summed E-state index contributed by atoms with van der Waals surface area (Å²) in [7, 11) is 0. The Hall–Kier alpha value is -1.89. The Morgan fingerprint density at radius 1 is 1.30 bits per heavy atom. The summed E-state index contributed by atoms with van der Waals surface area (Å²) in [5.74, 6) is -1.60. The zero-order valence-corrected chi connectivity index (χ0v) is 12.3. The lowest BCUT2D eigenvalue weighted by atomic mass is 10.3. The van der Waals surface area contributed by atoms with Gasteiger partial charge in [-0.15, -0.1) is 0 Å². The second kappa shape index (κ2) is 8.31. The maximum atomic E-state index is 11.5. The molecule has 2 N–H and O–H groups in total. The van der Waals surface area contributed by atoms with Crippen molar-refractivity contribution in [1.29, 1.82) is 0 Å². The molecule has 108 valence electrons. The van der Waals surface area contributed by atoms with Crippen LogP contribution in [0.25, 0.3) is 0 Å². The van der Waals surface area contributed by atoms with Gasteiger partial charge in [-0.05, 0) is 34.8 Å². The van der Waals surface area contributed by atoms with Crippen LogP contribution in [0.15, 0.2) is 39.7 Å². The minimum Gasteiger partial charge on any atom is -0.478 e. The van der Waals surface area contributed by atoms with Gasteiger partial charge in [0.2, 0.25) is 5.91 Å². The number of amides is 1. The van der Waals surface area contributed by atoms with Crippen LogP contribution in [0.1, 0.15) is 12.8 Å². The highest BCUT2D eigenvalue weighted by Gasteiger charge is 1.99. The topological polar surface area (TPSA) is 88.4 Å². The maximum absolute atomic E-state index is 11.5. The Morgan fingerprint density at radius 2 is 2.05 bits per heavy atom. The van der Waals surface area contributed by atoms with Gasteiger partial charge in [-0.1, -0.05) is 0 Å². The Balaban J connectivity index is 2.25. The van der Waals surface area contributed by atoms with Crippen LogP contribution in [-0.4, -0.2) is 28.1 Å². The van der Waals surface area contributed by atoms with Gasteiger partial charge in [-0.2, -0.15) is 0 Å². The molecule has 0 saturated heterocycles. The number of nitrogens with zero attached hydrogens (tertiary/aromatic N) is 1. The average molecular weight is 343 g/mol. The van der Waals surface area contributed by atoms with Gasteiger partial charge in [0.05, 0.1) is 0 Å². The van der Waals surface area contributed by atoms with Crippen molar-refractivity contribution in [2.75, 3.05) is 6.54 Å². The molecular formula is C13H15BrN2O4. The third-order valence-corrected chi connectivity index (χ3v) is 2.92. The van der Waals surface area contributed by atoms with Crippen LogP contribution in [0.5, 0.6) is 0 Å². The van der Waals surface area contributed by atoms with E-state index < -0.39 is 11.9 Å². The predicted molar refractivity (Wildman–Crippen MR) is 77.4 cm³/mol. The highest BCUT2D eigenvalue weighted by atomic mass is 79.9. The quantitative estimate of drug-likeness (QED) is 0.574. The summed E-state index contributed by atoms with van der Waals surface area (Å²) in [6, 6.07) is 3.18. The Bertz CT molecular complexity index is 566. The van der Waals surface area contributed by atoms with Crippen molar-refractivity contribution in [2.45, 2.75) is 19.4 Å². The molecule has 0 aliphatic rings. The highest BCUT2D eigenvalue weighted by Crippen LogP contribution is 2.05. The molecule has 0 bridgehead atoms. The first-order valence-electron chi connectivity index (χ1n) is 6.04. The van der Waals surface area contributed by atoms with Crippen molar-refractivity contribution < 1.29 is 14.7 Å². The van der Waals surface area contributed by atoms with Gasteiger partial charge in [0, 0.05) is 42.0 Å². The molecule has 0 aliphatic carbocycles. The van der Waals surface area contributed by atoms with Crippen molar-refractivity contribution >= 4 is 27.8 Å². The summed E-state index contributed by atoms with van der Waals surface area (Å²) in [5.41, 5.74) is -0.0679. The zero-order chi connectivity index (χ0) is 15.0. The minimum absolute atomic E-state index is 0.0679. The number of unbranched alkanes of at least 4 members (excludes halogenated alkanes) is 1. The number of hydrogen-bond acceptors (Lipinski definition) is 3. The largest absolute Gasteiger partial charge is 0.478 e. The molecule has 1 amide bonds. The van der Waals surface area contributed by atoms with Crippen LogP contribution < -0.4 is 10.9 Å². The van der Waals surface area contributed by atoms with Gasteiger partial charge in [0.1, 0.15) is 0 Å². The molecule has 1 rings (SSSR count). The van der Waals surface area contributed by atoms with Gasteiger partial charge in [0.15, 0.2) is 0 Å². The molecule has 0 atom stereocenters. The van der Waals surface area contributed by atoms with Gasteiger partial charge in [-0.3, -0.25) is 9.59 Å². The van der Waals surface area contributed by atoms with E-state index in [9.17, 15) is 14.4 Å². The number of carboxylic acids is 1. The Morgan fingerprint density at radius 3 is 2.75 bits per heavy atom. The van der Waals surface area contributed by atoms with Crippen molar-refractivity contribution in [3.63, 3.8) is 0 Å². The van der Waals surface area contributed by atoms with E-state index in [4.69, 9.17) is 5.11 Å². The zero-order valence-electron chi connectivity index (χ0n) is 10.7. The first-order chi connectivity index (χ1) is 9.49.